The van der Waals surface area contributed by atoms with Crippen LogP contribution in [0.1, 0.15) is 12.5 Å². The number of hydrogen-bond acceptors (Lipinski definition) is 6. The number of anilines is 1. The van der Waals surface area contributed by atoms with Crippen LogP contribution in [0.4, 0.5) is 5.69 Å². The summed E-state index contributed by atoms with van der Waals surface area (Å²) in [7, 11) is 0. The first kappa shape index (κ1) is 14.4. The quantitative estimate of drug-likeness (QED) is 0.796. The Kier molecular flexibility index (Phi) is 4.19. The van der Waals surface area contributed by atoms with E-state index in [9.17, 15) is 5.11 Å². The van der Waals surface area contributed by atoms with Gasteiger partial charge in [0.1, 0.15) is 13.2 Å². The molecule has 0 bridgehead atoms. The Hall–Kier alpha value is -1.50. The molecule has 1 aromatic carbocycles. The first-order valence-corrected chi connectivity index (χ1v) is 7.32. The van der Waals surface area contributed by atoms with Gasteiger partial charge in [-0.1, -0.05) is 0 Å². The molecule has 0 radical (unpaired) electrons. The first-order chi connectivity index (χ1) is 10.2. The van der Waals surface area contributed by atoms with Crippen molar-refractivity contribution in [3.63, 3.8) is 0 Å². The van der Waals surface area contributed by atoms with Crippen LogP contribution in [0.3, 0.4) is 0 Å². The fourth-order valence-corrected chi connectivity index (χ4v) is 2.71. The van der Waals surface area contributed by atoms with Gasteiger partial charge < -0.3 is 25.1 Å². The van der Waals surface area contributed by atoms with Crippen LogP contribution in [0, 0.1) is 0 Å². The molecule has 2 heterocycles. The molecule has 0 aliphatic carbocycles. The zero-order valence-electron chi connectivity index (χ0n) is 12.2. The summed E-state index contributed by atoms with van der Waals surface area (Å²) in [6.45, 7) is 5.31. The van der Waals surface area contributed by atoms with Crippen molar-refractivity contribution in [3.8, 4) is 11.5 Å². The van der Waals surface area contributed by atoms with E-state index in [0.717, 1.165) is 11.3 Å². The van der Waals surface area contributed by atoms with Crippen molar-refractivity contribution in [3.05, 3.63) is 17.7 Å². The van der Waals surface area contributed by atoms with E-state index >= 15 is 0 Å². The van der Waals surface area contributed by atoms with Crippen LogP contribution in [0.15, 0.2) is 12.1 Å². The highest BCUT2D eigenvalue weighted by Gasteiger charge is 2.26. The summed E-state index contributed by atoms with van der Waals surface area (Å²) in [6, 6.07) is 4.08. The van der Waals surface area contributed by atoms with Gasteiger partial charge in [-0.05, 0) is 18.6 Å². The van der Waals surface area contributed by atoms with E-state index in [1.165, 1.54) is 0 Å². The number of hydrogen-bond donors (Lipinski definition) is 2. The molecule has 0 amide bonds. The van der Waals surface area contributed by atoms with Crippen molar-refractivity contribution in [2.45, 2.75) is 25.6 Å². The molecule has 1 aromatic rings. The van der Waals surface area contributed by atoms with E-state index in [4.69, 9.17) is 19.9 Å². The van der Waals surface area contributed by atoms with E-state index in [-0.39, 0.29) is 12.7 Å². The van der Waals surface area contributed by atoms with Gasteiger partial charge in [0, 0.05) is 30.9 Å². The highest BCUT2D eigenvalue weighted by atomic mass is 16.6. The van der Waals surface area contributed by atoms with E-state index < -0.39 is 0 Å². The minimum Gasteiger partial charge on any atom is -0.486 e. The molecule has 1 saturated heterocycles. The number of nitrogen functional groups attached to an aromatic ring is 1. The molecule has 2 aliphatic rings. The molecule has 21 heavy (non-hydrogen) atoms. The van der Waals surface area contributed by atoms with Gasteiger partial charge in [-0.2, -0.15) is 0 Å². The van der Waals surface area contributed by atoms with E-state index in [1.807, 2.05) is 12.1 Å². The summed E-state index contributed by atoms with van der Waals surface area (Å²) in [5, 5.41) is 9.26. The average Bonchev–Trinajstić information content (AvgIpc) is 2.50. The Morgan fingerprint density at radius 1 is 1.29 bits per heavy atom. The van der Waals surface area contributed by atoms with Crippen molar-refractivity contribution < 1.29 is 19.3 Å². The SMILES string of the molecule is CC1COC(CO)CN1Cc1cc2c(cc1N)OCCO2. The molecule has 1 fully saturated rings. The highest BCUT2D eigenvalue weighted by Crippen LogP contribution is 2.35. The van der Waals surface area contributed by atoms with Crippen LogP contribution < -0.4 is 15.2 Å². The fourth-order valence-electron chi connectivity index (χ4n) is 2.71. The maximum absolute atomic E-state index is 9.26. The summed E-state index contributed by atoms with van der Waals surface area (Å²) in [6.07, 6.45) is -0.125. The van der Waals surface area contributed by atoms with Crippen LogP contribution >= 0.6 is 0 Å². The number of morpholine rings is 1. The van der Waals surface area contributed by atoms with Gasteiger partial charge in [-0.25, -0.2) is 0 Å². The minimum atomic E-state index is -0.125. The Labute approximate surface area is 124 Å². The van der Waals surface area contributed by atoms with Crippen LogP contribution in [0.5, 0.6) is 11.5 Å². The van der Waals surface area contributed by atoms with Crippen LogP contribution in [-0.2, 0) is 11.3 Å². The highest BCUT2D eigenvalue weighted by molar-refractivity contribution is 5.58. The Morgan fingerprint density at radius 3 is 2.71 bits per heavy atom. The Bertz CT molecular complexity index is 509. The molecule has 2 atom stereocenters. The molecule has 3 rings (SSSR count). The van der Waals surface area contributed by atoms with Crippen molar-refractivity contribution in [2.75, 3.05) is 38.7 Å². The van der Waals surface area contributed by atoms with Crippen LogP contribution in [0.2, 0.25) is 0 Å². The number of fused-ring (bicyclic) bond motifs is 1. The lowest BCUT2D eigenvalue weighted by Gasteiger charge is -2.37. The number of ether oxygens (including phenoxy) is 3. The van der Waals surface area contributed by atoms with Gasteiger partial charge in [0.2, 0.25) is 0 Å². The first-order valence-electron chi connectivity index (χ1n) is 7.32. The van der Waals surface area contributed by atoms with Gasteiger partial charge >= 0.3 is 0 Å². The van der Waals surface area contributed by atoms with E-state index in [1.54, 1.807) is 0 Å². The van der Waals surface area contributed by atoms with Gasteiger partial charge in [0.15, 0.2) is 11.5 Å². The second-order valence-electron chi connectivity index (χ2n) is 5.61. The van der Waals surface area contributed by atoms with Gasteiger partial charge in [0.05, 0.1) is 19.3 Å². The Morgan fingerprint density at radius 2 is 2.00 bits per heavy atom. The zero-order valence-corrected chi connectivity index (χ0v) is 12.2. The average molecular weight is 294 g/mol. The second kappa shape index (κ2) is 6.09. The molecule has 0 saturated carbocycles. The van der Waals surface area contributed by atoms with Crippen molar-refractivity contribution in [1.82, 2.24) is 4.90 Å². The molecular formula is C15H22N2O4. The van der Waals surface area contributed by atoms with E-state index in [2.05, 4.69) is 11.8 Å². The summed E-state index contributed by atoms with van der Waals surface area (Å²) in [5.41, 5.74) is 7.86. The third-order valence-electron chi connectivity index (χ3n) is 4.02. The summed E-state index contributed by atoms with van der Waals surface area (Å²) in [5.74, 6) is 1.47. The number of benzene rings is 1. The number of aliphatic hydroxyl groups excluding tert-OH is 1. The van der Waals surface area contributed by atoms with Crippen molar-refractivity contribution in [2.24, 2.45) is 0 Å². The maximum Gasteiger partial charge on any atom is 0.163 e. The largest absolute Gasteiger partial charge is 0.486 e. The zero-order chi connectivity index (χ0) is 14.8. The normalized spacial score (nSPS) is 25.8. The third kappa shape index (κ3) is 3.07. The van der Waals surface area contributed by atoms with Crippen molar-refractivity contribution >= 4 is 5.69 Å². The number of nitrogens with two attached hydrogens (primary N) is 1. The topological polar surface area (TPSA) is 77.2 Å². The van der Waals surface area contributed by atoms with Crippen LogP contribution in [-0.4, -0.2) is 55.1 Å². The van der Waals surface area contributed by atoms with Gasteiger partial charge in [0.25, 0.3) is 0 Å². The molecule has 3 N–H and O–H groups in total. The smallest absolute Gasteiger partial charge is 0.163 e. The molecule has 2 aliphatic heterocycles. The molecule has 2 unspecified atom stereocenters. The lowest BCUT2D eigenvalue weighted by Crippen LogP contribution is -2.48. The summed E-state index contributed by atoms with van der Waals surface area (Å²) >= 11 is 0. The maximum atomic E-state index is 9.26. The lowest BCUT2D eigenvalue weighted by molar-refractivity contribution is -0.0805. The molecule has 116 valence electrons. The summed E-state index contributed by atoms with van der Waals surface area (Å²) < 4.78 is 16.7. The van der Waals surface area contributed by atoms with Crippen LogP contribution in [0.25, 0.3) is 0 Å². The van der Waals surface area contributed by atoms with Gasteiger partial charge in [-0.15, -0.1) is 0 Å². The van der Waals surface area contributed by atoms with Crippen molar-refractivity contribution in [1.29, 1.82) is 0 Å². The molecular weight excluding hydrogens is 272 g/mol. The fraction of sp³-hybridized carbons (Fsp3) is 0.600. The second-order valence-corrected chi connectivity index (χ2v) is 5.61. The minimum absolute atomic E-state index is 0.0415. The monoisotopic (exact) mass is 294 g/mol. The molecule has 0 spiro atoms. The van der Waals surface area contributed by atoms with E-state index in [0.29, 0.717) is 50.4 Å². The lowest BCUT2D eigenvalue weighted by atomic mass is 10.1. The Balaban J connectivity index is 1.77. The number of nitrogens with zero attached hydrogens (tertiary/aromatic N) is 1. The molecule has 6 nitrogen and oxygen atoms in total. The molecule has 6 heteroatoms. The third-order valence-corrected chi connectivity index (χ3v) is 4.02. The number of aliphatic hydroxyl groups is 1. The standard InChI is InChI=1S/C15H22N2O4/c1-10-9-21-12(8-18)7-17(10)6-11-4-14-15(5-13(11)16)20-3-2-19-14/h4-5,10,12,18H,2-3,6-9,16H2,1H3. The molecule has 0 aromatic heterocycles. The van der Waals surface area contributed by atoms with Gasteiger partial charge in [-0.3, -0.25) is 4.90 Å². The predicted molar refractivity (Wildman–Crippen MR) is 78.5 cm³/mol. The number of rotatable bonds is 3. The summed E-state index contributed by atoms with van der Waals surface area (Å²) in [4.78, 5) is 2.27. The predicted octanol–water partition coefficient (Wildman–Crippen LogP) is 0.622.